The van der Waals surface area contributed by atoms with E-state index in [9.17, 15) is 9.59 Å². The fraction of sp³-hybridized carbons (Fsp3) is 0.0588. The minimum Gasteiger partial charge on any atom is -0.497 e. The molecule has 2 aromatic rings. The van der Waals surface area contributed by atoms with Crippen molar-refractivity contribution >= 4 is 18.0 Å². The Morgan fingerprint density at radius 1 is 1.05 bits per heavy atom. The van der Waals surface area contributed by atoms with E-state index in [1.165, 1.54) is 30.3 Å². The van der Waals surface area contributed by atoms with Crippen molar-refractivity contribution in [2.75, 3.05) is 7.11 Å². The quantitative estimate of drug-likeness (QED) is 0.522. The van der Waals surface area contributed by atoms with Crippen molar-refractivity contribution in [1.82, 2.24) is 0 Å². The van der Waals surface area contributed by atoms with Crippen LogP contribution >= 0.6 is 0 Å². The van der Waals surface area contributed by atoms with Crippen LogP contribution in [0.2, 0.25) is 0 Å². The molecule has 0 bridgehead atoms. The van der Waals surface area contributed by atoms with Crippen LogP contribution in [0.5, 0.6) is 11.5 Å². The van der Waals surface area contributed by atoms with Gasteiger partial charge in [-0.15, -0.1) is 0 Å². The summed E-state index contributed by atoms with van der Waals surface area (Å²) in [6, 6.07) is 12.9. The van der Waals surface area contributed by atoms with Crippen LogP contribution in [0.15, 0.2) is 54.6 Å². The van der Waals surface area contributed by atoms with Crippen molar-refractivity contribution in [3.05, 3.63) is 65.7 Å². The monoisotopic (exact) mass is 298 g/mol. The van der Waals surface area contributed by atoms with Crippen molar-refractivity contribution < 1.29 is 24.2 Å². The summed E-state index contributed by atoms with van der Waals surface area (Å²) in [5.74, 6) is -0.750. The molecular formula is C17H14O5. The van der Waals surface area contributed by atoms with Crippen LogP contribution in [0.4, 0.5) is 0 Å². The van der Waals surface area contributed by atoms with Gasteiger partial charge in [0.25, 0.3) is 0 Å². The van der Waals surface area contributed by atoms with Gasteiger partial charge in [0.2, 0.25) is 0 Å². The lowest BCUT2D eigenvalue weighted by molar-refractivity contribution is -0.128. The zero-order valence-corrected chi connectivity index (χ0v) is 11.9. The normalized spacial score (nSPS) is 10.4. The zero-order chi connectivity index (χ0) is 15.9. The number of ether oxygens (including phenoxy) is 2. The molecule has 5 nitrogen and oxygen atoms in total. The molecule has 0 saturated heterocycles. The molecular weight excluding hydrogens is 284 g/mol. The molecule has 1 N–H and O–H groups in total. The fourth-order valence-electron chi connectivity index (χ4n) is 1.72. The lowest BCUT2D eigenvalue weighted by atomic mass is 10.2. The maximum Gasteiger partial charge on any atom is 0.336 e. The number of aromatic carboxylic acids is 1. The summed E-state index contributed by atoms with van der Waals surface area (Å²) in [4.78, 5) is 22.5. The molecule has 2 rings (SSSR count). The maximum absolute atomic E-state index is 11.7. The average molecular weight is 298 g/mol. The summed E-state index contributed by atoms with van der Waals surface area (Å²) >= 11 is 0. The van der Waals surface area contributed by atoms with E-state index >= 15 is 0 Å². The zero-order valence-electron chi connectivity index (χ0n) is 11.9. The molecule has 0 unspecified atom stereocenters. The van der Waals surface area contributed by atoms with Crippen LogP contribution in [0.3, 0.4) is 0 Å². The van der Waals surface area contributed by atoms with E-state index in [4.69, 9.17) is 14.6 Å². The largest absolute Gasteiger partial charge is 0.497 e. The molecule has 0 heterocycles. The van der Waals surface area contributed by atoms with E-state index in [-0.39, 0.29) is 11.3 Å². The van der Waals surface area contributed by atoms with Crippen molar-refractivity contribution in [3.63, 3.8) is 0 Å². The highest BCUT2D eigenvalue weighted by atomic mass is 16.5. The van der Waals surface area contributed by atoms with Crippen molar-refractivity contribution in [3.8, 4) is 11.5 Å². The Labute approximate surface area is 127 Å². The number of hydrogen-bond acceptors (Lipinski definition) is 4. The summed E-state index contributed by atoms with van der Waals surface area (Å²) < 4.78 is 10.1. The topological polar surface area (TPSA) is 72.8 Å². The van der Waals surface area contributed by atoms with Gasteiger partial charge >= 0.3 is 11.9 Å². The standard InChI is InChI=1S/C17H14O5/c1-21-14-8-5-12(6-9-14)7-10-16(18)22-15-4-2-3-13(11-15)17(19)20/h2-11H,1H3,(H,19,20)/b10-7+. The van der Waals surface area contributed by atoms with Crippen LogP contribution in [-0.4, -0.2) is 24.2 Å². The van der Waals surface area contributed by atoms with Gasteiger partial charge in [0.05, 0.1) is 12.7 Å². The van der Waals surface area contributed by atoms with Gasteiger partial charge in [-0.2, -0.15) is 0 Å². The van der Waals surface area contributed by atoms with Gasteiger partial charge in [0.15, 0.2) is 0 Å². The minimum atomic E-state index is -1.08. The van der Waals surface area contributed by atoms with Crippen LogP contribution in [-0.2, 0) is 4.79 Å². The first-order valence-corrected chi connectivity index (χ1v) is 6.46. The maximum atomic E-state index is 11.7. The van der Waals surface area contributed by atoms with Crippen LogP contribution in [0.1, 0.15) is 15.9 Å². The first kappa shape index (κ1) is 15.3. The van der Waals surface area contributed by atoms with E-state index in [1.807, 2.05) is 0 Å². The number of carboxylic acids is 1. The molecule has 0 spiro atoms. The molecule has 5 heteroatoms. The predicted molar refractivity (Wildman–Crippen MR) is 81.1 cm³/mol. The summed E-state index contributed by atoms with van der Waals surface area (Å²) in [6.07, 6.45) is 2.87. The molecule has 0 aliphatic carbocycles. The third-order valence-corrected chi connectivity index (χ3v) is 2.83. The molecule has 0 fully saturated rings. The second-order valence-electron chi connectivity index (χ2n) is 4.36. The predicted octanol–water partition coefficient (Wildman–Crippen LogP) is 3.01. The number of methoxy groups -OCH3 is 1. The molecule has 2 aromatic carbocycles. The smallest absolute Gasteiger partial charge is 0.336 e. The Hall–Kier alpha value is -3.08. The Balaban J connectivity index is 2.01. The van der Waals surface area contributed by atoms with Crippen LogP contribution in [0, 0.1) is 0 Å². The molecule has 0 radical (unpaired) electrons. The fourth-order valence-corrected chi connectivity index (χ4v) is 1.72. The van der Waals surface area contributed by atoms with E-state index in [2.05, 4.69) is 0 Å². The lowest BCUT2D eigenvalue weighted by Gasteiger charge is -2.02. The Kier molecular flexibility index (Phi) is 4.93. The molecule has 0 aromatic heterocycles. The Morgan fingerprint density at radius 2 is 1.77 bits per heavy atom. The second kappa shape index (κ2) is 7.08. The number of esters is 1. The lowest BCUT2D eigenvalue weighted by Crippen LogP contribution is -2.05. The number of rotatable bonds is 5. The molecule has 0 atom stereocenters. The SMILES string of the molecule is COc1ccc(/C=C/C(=O)Oc2cccc(C(=O)O)c2)cc1. The molecule has 112 valence electrons. The van der Waals surface area contributed by atoms with Crippen molar-refractivity contribution in [2.45, 2.75) is 0 Å². The Bertz CT molecular complexity index is 701. The van der Waals surface area contributed by atoms with Gasteiger partial charge in [0, 0.05) is 6.08 Å². The minimum absolute atomic E-state index is 0.0597. The summed E-state index contributed by atoms with van der Waals surface area (Å²) in [5.41, 5.74) is 0.876. The molecule has 0 aliphatic rings. The summed E-state index contributed by atoms with van der Waals surface area (Å²) in [5, 5.41) is 8.87. The van der Waals surface area contributed by atoms with Gasteiger partial charge in [0.1, 0.15) is 11.5 Å². The molecule has 0 aliphatic heterocycles. The van der Waals surface area contributed by atoms with Gasteiger partial charge in [-0.25, -0.2) is 9.59 Å². The highest BCUT2D eigenvalue weighted by Gasteiger charge is 2.06. The third kappa shape index (κ3) is 4.21. The third-order valence-electron chi connectivity index (χ3n) is 2.83. The summed E-state index contributed by atoms with van der Waals surface area (Å²) in [6.45, 7) is 0. The highest BCUT2D eigenvalue weighted by molar-refractivity contribution is 5.90. The number of carbonyl (C=O) groups is 2. The summed E-state index contributed by atoms with van der Waals surface area (Å²) in [7, 11) is 1.58. The van der Waals surface area contributed by atoms with E-state index < -0.39 is 11.9 Å². The molecule has 22 heavy (non-hydrogen) atoms. The Morgan fingerprint density at radius 3 is 2.41 bits per heavy atom. The van der Waals surface area contributed by atoms with E-state index in [0.29, 0.717) is 0 Å². The highest BCUT2D eigenvalue weighted by Crippen LogP contribution is 2.15. The average Bonchev–Trinajstić information content (AvgIpc) is 2.53. The molecule has 0 saturated carbocycles. The molecule has 0 amide bonds. The van der Waals surface area contributed by atoms with Gasteiger partial charge < -0.3 is 14.6 Å². The van der Waals surface area contributed by atoms with E-state index in [1.54, 1.807) is 37.5 Å². The number of hydrogen-bond donors (Lipinski definition) is 1. The van der Waals surface area contributed by atoms with Gasteiger partial charge in [-0.1, -0.05) is 18.2 Å². The van der Waals surface area contributed by atoms with Crippen LogP contribution in [0.25, 0.3) is 6.08 Å². The van der Waals surface area contributed by atoms with Crippen LogP contribution < -0.4 is 9.47 Å². The first-order valence-electron chi connectivity index (χ1n) is 6.46. The van der Waals surface area contributed by atoms with Gasteiger partial charge in [-0.05, 0) is 42.0 Å². The van der Waals surface area contributed by atoms with Crippen molar-refractivity contribution in [1.29, 1.82) is 0 Å². The second-order valence-corrected chi connectivity index (χ2v) is 4.36. The number of carboxylic acid groups (broad SMARTS) is 1. The number of benzene rings is 2. The van der Waals surface area contributed by atoms with Gasteiger partial charge in [-0.3, -0.25) is 0 Å². The van der Waals surface area contributed by atoms with Crippen molar-refractivity contribution in [2.24, 2.45) is 0 Å². The van der Waals surface area contributed by atoms with E-state index in [0.717, 1.165) is 11.3 Å². The first-order chi connectivity index (χ1) is 10.6. The number of carbonyl (C=O) groups excluding carboxylic acids is 1.